The molecule has 2 aromatic rings. The van der Waals surface area contributed by atoms with E-state index in [9.17, 15) is 9.59 Å². The van der Waals surface area contributed by atoms with E-state index in [0.717, 1.165) is 51.9 Å². The van der Waals surface area contributed by atoms with Crippen LogP contribution in [0.2, 0.25) is 0 Å². The Morgan fingerprint density at radius 3 is 2.62 bits per heavy atom. The van der Waals surface area contributed by atoms with Crippen LogP contribution in [0, 0.1) is 0 Å². The lowest BCUT2D eigenvalue weighted by Crippen LogP contribution is -2.51. The first-order valence-electron chi connectivity index (χ1n) is 12.4. The van der Waals surface area contributed by atoms with Gasteiger partial charge in [0.1, 0.15) is 0 Å². The van der Waals surface area contributed by atoms with Crippen molar-refractivity contribution in [3.05, 3.63) is 47.8 Å². The van der Waals surface area contributed by atoms with E-state index in [4.69, 9.17) is 4.74 Å². The molecule has 0 aliphatic carbocycles. The van der Waals surface area contributed by atoms with Crippen molar-refractivity contribution in [1.29, 1.82) is 0 Å². The molecule has 1 aromatic heterocycles. The molecule has 0 spiro atoms. The molecule has 2 fully saturated rings. The summed E-state index contributed by atoms with van der Waals surface area (Å²) in [6.45, 7) is 6.82. The standard InChI is InChI=1S/C25H36N6O3/c1-3-13-29-14-10-20(11-15-29)30-17-21(31-18-22(27-28-31)25(33)34-2)16-23(30)24(32)26-12-9-19-7-5-4-6-8-19/h4-8,18,20-21,23H,3,9-17H2,1-2H3,(H,26,32)/t21-,23+/m1/s1. The molecular formula is C25H36N6O3. The second kappa shape index (κ2) is 11.6. The maximum Gasteiger partial charge on any atom is 0.360 e. The van der Waals surface area contributed by atoms with Gasteiger partial charge in [-0.2, -0.15) is 0 Å². The van der Waals surface area contributed by atoms with Crippen LogP contribution < -0.4 is 5.32 Å². The van der Waals surface area contributed by atoms with Crippen LogP contribution in [0.4, 0.5) is 0 Å². The number of ether oxygens (including phenoxy) is 1. The molecule has 34 heavy (non-hydrogen) atoms. The van der Waals surface area contributed by atoms with E-state index >= 15 is 0 Å². The van der Waals surface area contributed by atoms with E-state index in [2.05, 4.69) is 44.5 Å². The second-order valence-electron chi connectivity index (χ2n) is 9.28. The van der Waals surface area contributed by atoms with Crippen molar-refractivity contribution in [2.75, 3.05) is 39.8 Å². The third-order valence-electron chi connectivity index (χ3n) is 7.02. The van der Waals surface area contributed by atoms with Crippen molar-refractivity contribution >= 4 is 11.9 Å². The first-order chi connectivity index (χ1) is 16.6. The van der Waals surface area contributed by atoms with Gasteiger partial charge >= 0.3 is 5.97 Å². The van der Waals surface area contributed by atoms with Gasteiger partial charge in [-0.3, -0.25) is 9.69 Å². The minimum absolute atomic E-state index is 0.00977. The molecule has 0 bridgehead atoms. The van der Waals surface area contributed by atoms with Crippen LogP contribution in [-0.4, -0.2) is 88.6 Å². The number of amides is 1. The number of hydrogen-bond donors (Lipinski definition) is 1. The number of nitrogens with zero attached hydrogens (tertiary/aromatic N) is 5. The summed E-state index contributed by atoms with van der Waals surface area (Å²) in [5.41, 5.74) is 1.41. The van der Waals surface area contributed by atoms with Gasteiger partial charge in [0, 0.05) is 19.1 Å². The zero-order valence-electron chi connectivity index (χ0n) is 20.2. The lowest BCUT2D eigenvalue weighted by atomic mass is 10.0. The number of piperidine rings is 1. The van der Waals surface area contributed by atoms with Gasteiger partial charge in [0.15, 0.2) is 5.69 Å². The Bertz CT molecular complexity index is 941. The van der Waals surface area contributed by atoms with Crippen molar-refractivity contribution < 1.29 is 14.3 Å². The van der Waals surface area contributed by atoms with Gasteiger partial charge in [-0.1, -0.05) is 42.5 Å². The molecule has 3 heterocycles. The molecule has 2 aliphatic rings. The minimum atomic E-state index is -0.500. The van der Waals surface area contributed by atoms with Crippen molar-refractivity contribution in [1.82, 2.24) is 30.1 Å². The summed E-state index contributed by atoms with van der Waals surface area (Å²) in [7, 11) is 1.33. The Kier molecular flexibility index (Phi) is 8.29. The number of methoxy groups -OCH3 is 1. The third-order valence-corrected chi connectivity index (χ3v) is 7.02. The number of nitrogens with one attached hydrogen (secondary N) is 1. The lowest BCUT2D eigenvalue weighted by Gasteiger charge is -2.38. The maximum atomic E-state index is 13.3. The molecular weight excluding hydrogens is 432 g/mol. The Hall–Kier alpha value is -2.78. The zero-order chi connectivity index (χ0) is 23.9. The van der Waals surface area contributed by atoms with Crippen LogP contribution in [0.3, 0.4) is 0 Å². The number of rotatable bonds is 9. The maximum absolute atomic E-state index is 13.3. The van der Waals surface area contributed by atoms with E-state index in [0.29, 0.717) is 19.0 Å². The van der Waals surface area contributed by atoms with Gasteiger partial charge in [0.25, 0.3) is 0 Å². The van der Waals surface area contributed by atoms with Crippen LogP contribution >= 0.6 is 0 Å². The van der Waals surface area contributed by atoms with Crippen LogP contribution in [0.25, 0.3) is 0 Å². The largest absolute Gasteiger partial charge is 0.464 e. The average molecular weight is 469 g/mol. The molecule has 0 radical (unpaired) electrons. The van der Waals surface area contributed by atoms with E-state index in [1.165, 1.54) is 12.7 Å². The van der Waals surface area contributed by atoms with Gasteiger partial charge in [0.2, 0.25) is 5.91 Å². The molecule has 2 saturated heterocycles. The normalized spacial score (nSPS) is 22.1. The molecule has 9 heteroatoms. The summed E-state index contributed by atoms with van der Waals surface area (Å²) in [5, 5.41) is 11.3. The molecule has 9 nitrogen and oxygen atoms in total. The van der Waals surface area contributed by atoms with E-state index < -0.39 is 5.97 Å². The van der Waals surface area contributed by atoms with Gasteiger partial charge < -0.3 is 15.0 Å². The van der Waals surface area contributed by atoms with Gasteiger partial charge in [0.05, 0.1) is 25.4 Å². The molecule has 2 atom stereocenters. The summed E-state index contributed by atoms with van der Waals surface area (Å²) >= 11 is 0. The first-order valence-corrected chi connectivity index (χ1v) is 12.4. The summed E-state index contributed by atoms with van der Waals surface area (Å²) in [4.78, 5) is 30.0. The number of esters is 1. The second-order valence-corrected chi connectivity index (χ2v) is 9.28. The van der Waals surface area contributed by atoms with E-state index in [-0.39, 0.29) is 23.7 Å². The fourth-order valence-electron chi connectivity index (χ4n) is 5.23. The van der Waals surface area contributed by atoms with Crippen molar-refractivity contribution in [2.24, 2.45) is 0 Å². The molecule has 2 aliphatic heterocycles. The molecule has 184 valence electrons. The summed E-state index contributed by atoms with van der Waals surface area (Å²) in [6.07, 6.45) is 6.38. The summed E-state index contributed by atoms with van der Waals surface area (Å²) in [6, 6.07) is 10.3. The molecule has 0 saturated carbocycles. The lowest BCUT2D eigenvalue weighted by molar-refractivity contribution is -0.126. The van der Waals surface area contributed by atoms with Crippen LogP contribution in [0.15, 0.2) is 36.5 Å². The highest BCUT2D eigenvalue weighted by Gasteiger charge is 2.42. The highest BCUT2D eigenvalue weighted by molar-refractivity contribution is 5.86. The Balaban J connectivity index is 1.43. The average Bonchev–Trinajstić information content (AvgIpc) is 3.53. The van der Waals surface area contributed by atoms with Crippen molar-refractivity contribution in [2.45, 2.75) is 57.2 Å². The predicted octanol–water partition coefficient (Wildman–Crippen LogP) is 1.91. The predicted molar refractivity (Wildman–Crippen MR) is 128 cm³/mol. The Morgan fingerprint density at radius 2 is 1.91 bits per heavy atom. The Morgan fingerprint density at radius 1 is 1.15 bits per heavy atom. The Labute approximate surface area is 201 Å². The number of benzene rings is 1. The number of aromatic nitrogens is 3. The fraction of sp³-hybridized carbons (Fsp3) is 0.600. The minimum Gasteiger partial charge on any atom is -0.464 e. The topological polar surface area (TPSA) is 92.6 Å². The van der Waals surface area contributed by atoms with Crippen molar-refractivity contribution in [3.8, 4) is 0 Å². The molecule has 0 unspecified atom stereocenters. The van der Waals surface area contributed by atoms with E-state index in [1.807, 2.05) is 18.2 Å². The van der Waals surface area contributed by atoms with Gasteiger partial charge in [-0.25, -0.2) is 9.48 Å². The first kappa shape index (κ1) is 24.3. The van der Waals surface area contributed by atoms with Crippen LogP contribution in [0.1, 0.15) is 54.7 Å². The summed E-state index contributed by atoms with van der Waals surface area (Å²) < 4.78 is 6.49. The molecule has 4 rings (SSSR count). The number of hydrogen-bond acceptors (Lipinski definition) is 7. The molecule has 1 amide bonds. The third kappa shape index (κ3) is 5.82. The van der Waals surface area contributed by atoms with Crippen LogP contribution in [-0.2, 0) is 16.0 Å². The van der Waals surface area contributed by atoms with Gasteiger partial charge in [-0.15, -0.1) is 5.10 Å². The smallest absolute Gasteiger partial charge is 0.360 e. The van der Waals surface area contributed by atoms with Gasteiger partial charge in [-0.05, 0) is 57.3 Å². The monoisotopic (exact) mass is 468 g/mol. The fourth-order valence-corrected chi connectivity index (χ4v) is 5.23. The highest BCUT2D eigenvalue weighted by Crippen LogP contribution is 2.32. The zero-order valence-corrected chi connectivity index (χ0v) is 20.2. The number of carbonyl (C=O) groups is 2. The number of carbonyl (C=O) groups excluding carboxylic acids is 2. The quantitative estimate of drug-likeness (QED) is 0.562. The summed E-state index contributed by atoms with van der Waals surface area (Å²) in [5.74, 6) is -0.428. The van der Waals surface area contributed by atoms with Crippen LogP contribution in [0.5, 0.6) is 0 Å². The molecule has 1 N–H and O–H groups in total. The van der Waals surface area contributed by atoms with Crippen molar-refractivity contribution in [3.63, 3.8) is 0 Å². The SMILES string of the molecule is CCCN1CCC(N2C[C@H](n3cc(C(=O)OC)nn3)C[C@H]2C(=O)NCCc2ccccc2)CC1. The highest BCUT2D eigenvalue weighted by atomic mass is 16.5. The molecule has 1 aromatic carbocycles. The van der Waals surface area contributed by atoms with E-state index in [1.54, 1.807) is 10.9 Å². The number of likely N-dealkylation sites (tertiary alicyclic amines) is 2.